The van der Waals surface area contributed by atoms with Crippen LogP contribution in [0.1, 0.15) is 12.6 Å². The molecular weight excluding hydrogens is 288 g/mol. The van der Waals surface area contributed by atoms with E-state index < -0.39 is 0 Å². The topological polar surface area (TPSA) is 51.0 Å². The van der Waals surface area contributed by atoms with Gasteiger partial charge in [-0.15, -0.1) is 11.3 Å². The van der Waals surface area contributed by atoms with E-state index in [1.54, 1.807) is 25.6 Å². The molecule has 0 spiro atoms. The minimum Gasteiger partial charge on any atom is -0.377 e. The average molecular weight is 310 g/mol. The lowest BCUT2D eigenvalue weighted by atomic mass is 10.3. The molecule has 0 aromatic carbocycles. The fourth-order valence-electron chi connectivity index (χ4n) is 2.85. The first-order valence-corrected chi connectivity index (χ1v) is 8.12. The maximum Gasteiger partial charge on any atom is 0.195 e. The van der Waals surface area contributed by atoms with E-state index in [4.69, 9.17) is 14.5 Å². The molecule has 6 nitrogen and oxygen atoms in total. The van der Waals surface area contributed by atoms with E-state index in [2.05, 4.69) is 33.1 Å². The van der Waals surface area contributed by atoms with Gasteiger partial charge in [0.05, 0.1) is 5.69 Å². The summed E-state index contributed by atoms with van der Waals surface area (Å²) in [6.45, 7) is 5.51. The molecule has 2 aromatic heterocycles. The molecule has 7 heteroatoms. The molecular formula is C14H22N4O2S. The molecule has 116 valence electrons. The van der Waals surface area contributed by atoms with Crippen LogP contribution in [0.15, 0.2) is 11.6 Å². The van der Waals surface area contributed by atoms with Crippen molar-refractivity contribution in [2.45, 2.75) is 25.7 Å². The normalized spacial score (nSPS) is 22.5. The molecule has 21 heavy (non-hydrogen) atoms. The molecule has 3 heterocycles. The number of ether oxygens (including phenoxy) is 2. The Labute approximate surface area is 128 Å². The van der Waals surface area contributed by atoms with Crippen molar-refractivity contribution in [3.8, 4) is 0 Å². The van der Waals surface area contributed by atoms with E-state index in [1.165, 1.54) is 5.69 Å². The molecule has 2 atom stereocenters. The molecule has 1 fully saturated rings. The molecule has 1 aliphatic rings. The quantitative estimate of drug-likeness (QED) is 0.873. The number of thiazole rings is 1. The third-order valence-corrected chi connectivity index (χ3v) is 4.76. The van der Waals surface area contributed by atoms with Crippen molar-refractivity contribution in [1.29, 1.82) is 0 Å². The van der Waals surface area contributed by atoms with Crippen molar-refractivity contribution in [3.05, 3.63) is 17.3 Å². The third kappa shape index (κ3) is 2.66. The van der Waals surface area contributed by atoms with Crippen molar-refractivity contribution in [2.24, 2.45) is 0 Å². The van der Waals surface area contributed by atoms with Crippen LogP contribution < -0.4 is 10.2 Å². The highest BCUT2D eigenvalue weighted by molar-refractivity contribution is 7.15. The zero-order valence-electron chi connectivity index (χ0n) is 12.7. The van der Waals surface area contributed by atoms with Crippen LogP contribution >= 0.6 is 11.3 Å². The lowest BCUT2D eigenvalue weighted by molar-refractivity contribution is -0.00461. The number of anilines is 1. The molecule has 2 unspecified atom stereocenters. The monoisotopic (exact) mass is 310 g/mol. The van der Waals surface area contributed by atoms with Gasteiger partial charge in [-0.25, -0.2) is 4.98 Å². The Morgan fingerprint density at radius 2 is 2.05 bits per heavy atom. The molecule has 0 aliphatic carbocycles. The zero-order chi connectivity index (χ0) is 14.8. The summed E-state index contributed by atoms with van der Waals surface area (Å²) in [6.07, 6.45) is 2.28. The van der Waals surface area contributed by atoms with Gasteiger partial charge in [0, 0.05) is 45.4 Å². The van der Waals surface area contributed by atoms with Gasteiger partial charge >= 0.3 is 0 Å². The van der Waals surface area contributed by atoms with Crippen molar-refractivity contribution < 1.29 is 9.47 Å². The van der Waals surface area contributed by atoms with Crippen molar-refractivity contribution in [1.82, 2.24) is 14.7 Å². The highest BCUT2D eigenvalue weighted by atomic mass is 32.1. The summed E-state index contributed by atoms with van der Waals surface area (Å²) in [4.78, 5) is 8.11. The van der Waals surface area contributed by atoms with E-state index in [0.717, 1.165) is 37.0 Å². The fourth-order valence-corrected chi connectivity index (χ4v) is 3.58. The predicted octanol–water partition coefficient (Wildman–Crippen LogP) is 1.36. The largest absolute Gasteiger partial charge is 0.377 e. The summed E-state index contributed by atoms with van der Waals surface area (Å²) in [5.41, 5.74) is 1.21. The fraction of sp³-hybridized carbons (Fsp3) is 0.643. The Morgan fingerprint density at radius 3 is 2.67 bits per heavy atom. The maximum absolute atomic E-state index is 5.53. The lowest BCUT2D eigenvalue weighted by Gasteiger charge is -2.17. The second-order valence-corrected chi connectivity index (χ2v) is 6.04. The van der Waals surface area contributed by atoms with E-state index in [9.17, 15) is 0 Å². The highest BCUT2D eigenvalue weighted by Gasteiger charge is 2.35. The van der Waals surface area contributed by atoms with E-state index in [1.807, 2.05) is 0 Å². The zero-order valence-corrected chi connectivity index (χ0v) is 13.5. The number of hydrogen-bond donors (Lipinski definition) is 1. The van der Waals surface area contributed by atoms with Crippen LogP contribution in [-0.4, -0.2) is 55.4 Å². The first-order chi connectivity index (χ1) is 10.3. The highest BCUT2D eigenvalue weighted by Crippen LogP contribution is 2.28. The van der Waals surface area contributed by atoms with Gasteiger partial charge in [-0.3, -0.25) is 4.40 Å². The molecule has 1 saturated heterocycles. The molecule has 2 aromatic rings. The summed E-state index contributed by atoms with van der Waals surface area (Å²) in [7, 11) is 3.48. The summed E-state index contributed by atoms with van der Waals surface area (Å²) < 4.78 is 13.2. The van der Waals surface area contributed by atoms with Crippen LogP contribution in [0.25, 0.3) is 4.96 Å². The van der Waals surface area contributed by atoms with Crippen LogP contribution in [0, 0.1) is 0 Å². The van der Waals surface area contributed by atoms with E-state index >= 15 is 0 Å². The standard InChI is InChI=1S/C14H22N4O2S/c1-4-15-7-10-13(16-14-18(10)5-6-21-14)17-8-11(19-2)12(9-17)20-3/h5-6,11-12,15H,4,7-9H2,1-3H3. The summed E-state index contributed by atoms with van der Waals surface area (Å²) in [5, 5.41) is 5.47. The first kappa shape index (κ1) is 14.8. The minimum absolute atomic E-state index is 0.0988. The van der Waals surface area contributed by atoms with Crippen molar-refractivity contribution in [2.75, 3.05) is 38.8 Å². The first-order valence-electron chi connectivity index (χ1n) is 7.24. The van der Waals surface area contributed by atoms with Crippen LogP contribution in [0.3, 0.4) is 0 Å². The summed E-state index contributed by atoms with van der Waals surface area (Å²) in [5.74, 6) is 1.05. The van der Waals surface area contributed by atoms with Gasteiger partial charge in [-0.1, -0.05) is 6.92 Å². The van der Waals surface area contributed by atoms with Crippen molar-refractivity contribution in [3.63, 3.8) is 0 Å². The Hall–Kier alpha value is -1.15. The summed E-state index contributed by atoms with van der Waals surface area (Å²) in [6, 6.07) is 0. The smallest absolute Gasteiger partial charge is 0.195 e. The Balaban J connectivity index is 1.90. The van der Waals surface area contributed by atoms with Crippen LogP contribution in [0.2, 0.25) is 0 Å². The Morgan fingerprint density at radius 1 is 1.33 bits per heavy atom. The van der Waals surface area contributed by atoms with Crippen LogP contribution in [0.5, 0.6) is 0 Å². The van der Waals surface area contributed by atoms with E-state index in [-0.39, 0.29) is 12.2 Å². The number of hydrogen-bond acceptors (Lipinski definition) is 6. The predicted molar refractivity (Wildman–Crippen MR) is 84.3 cm³/mol. The van der Waals surface area contributed by atoms with Crippen LogP contribution in [0.4, 0.5) is 5.82 Å². The maximum atomic E-state index is 5.53. The second-order valence-electron chi connectivity index (χ2n) is 5.17. The summed E-state index contributed by atoms with van der Waals surface area (Å²) >= 11 is 1.66. The number of nitrogens with zero attached hydrogens (tertiary/aromatic N) is 3. The van der Waals surface area contributed by atoms with Crippen molar-refractivity contribution >= 4 is 22.1 Å². The molecule has 0 saturated carbocycles. The van der Waals surface area contributed by atoms with Gasteiger partial charge in [-0.2, -0.15) is 0 Å². The molecule has 0 amide bonds. The number of methoxy groups -OCH3 is 2. The molecule has 0 radical (unpaired) electrons. The molecule has 0 bridgehead atoms. The number of rotatable bonds is 6. The SMILES string of the molecule is CCNCc1c(N2CC(OC)C(OC)C2)nc2sccn12. The third-order valence-electron chi connectivity index (χ3n) is 4.00. The second kappa shape index (κ2) is 6.31. The van der Waals surface area contributed by atoms with Crippen LogP contribution in [-0.2, 0) is 16.0 Å². The van der Waals surface area contributed by atoms with E-state index in [0.29, 0.717) is 0 Å². The molecule has 1 aliphatic heterocycles. The van der Waals surface area contributed by atoms with Gasteiger partial charge in [0.25, 0.3) is 0 Å². The van der Waals surface area contributed by atoms with Gasteiger partial charge < -0.3 is 19.7 Å². The minimum atomic E-state index is 0.0988. The Kier molecular flexibility index (Phi) is 4.44. The lowest BCUT2D eigenvalue weighted by Crippen LogP contribution is -2.27. The molecule has 1 N–H and O–H groups in total. The number of imidazole rings is 1. The number of aromatic nitrogens is 2. The van der Waals surface area contributed by atoms with Gasteiger partial charge in [-0.05, 0) is 6.54 Å². The molecule has 3 rings (SSSR count). The average Bonchev–Trinajstić information content (AvgIpc) is 3.18. The van der Waals surface area contributed by atoms with Gasteiger partial charge in [0.15, 0.2) is 10.8 Å². The van der Waals surface area contributed by atoms with Gasteiger partial charge in [0.1, 0.15) is 12.2 Å². The Bertz CT molecular complexity index is 585. The van der Waals surface area contributed by atoms with Gasteiger partial charge in [0.2, 0.25) is 0 Å². The number of nitrogens with one attached hydrogen (secondary N) is 1. The number of fused-ring (bicyclic) bond motifs is 1.